The third-order valence-electron chi connectivity index (χ3n) is 7.35. The number of urea groups is 1. The van der Waals surface area contributed by atoms with Crippen LogP contribution in [0.3, 0.4) is 0 Å². The van der Waals surface area contributed by atoms with Crippen LogP contribution in [0.2, 0.25) is 0 Å². The van der Waals surface area contributed by atoms with Gasteiger partial charge in [0.2, 0.25) is 6.79 Å². The minimum atomic E-state index is -0.479. The number of aliphatic hydroxyl groups is 1. The van der Waals surface area contributed by atoms with Crippen LogP contribution in [0, 0.1) is 5.92 Å². The van der Waals surface area contributed by atoms with E-state index in [1.165, 1.54) is 0 Å². The zero-order valence-corrected chi connectivity index (χ0v) is 24.3. The fraction of sp³-hybridized carbons (Fsp3) is 0.533. The number of benzene rings is 2. The Bertz CT molecular complexity index is 1190. The highest BCUT2D eigenvalue weighted by atomic mass is 16.7. The van der Waals surface area contributed by atoms with E-state index < -0.39 is 12.1 Å². The van der Waals surface area contributed by atoms with Gasteiger partial charge in [0, 0.05) is 43.1 Å². The molecule has 0 aromatic heterocycles. The summed E-state index contributed by atoms with van der Waals surface area (Å²) in [5, 5.41) is 18.8. The van der Waals surface area contributed by atoms with Crippen molar-refractivity contribution in [1.29, 1.82) is 0 Å². The quantitative estimate of drug-likeness (QED) is 0.409. The number of likely N-dealkylation sites (N-methyl/N-ethyl adjacent to an activating group) is 1. The van der Waals surface area contributed by atoms with Crippen LogP contribution >= 0.6 is 0 Å². The maximum absolute atomic E-state index is 14.1. The van der Waals surface area contributed by atoms with Crippen LogP contribution in [-0.4, -0.2) is 80.3 Å². The number of nitrogens with one attached hydrogen (secondary N) is 3. The summed E-state index contributed by atoms with van der Waals surface area (Å²) >= 11 is 0. The highest BCUT2D eigenvalue weighted by Gasteiger charge is 2.30. The Hall–Kier alpha value is -3.54. The number of ether oxygens (including phenoxy) is 4. The van der Waals surface area contributed by atoms with Crippen molar-refractivity contribution in [3.63, 3.8) is 0 Å². The minimum absolute atomic E-state index is 0.000388. The van der Waals surface area contributed by atoms with E-state index in [1.54, 1.807) is 41.3 Å². The van der Waals surface area contributed by atoms with E-state index in [-0.39, 0.29) is 37.4 Å². The van der Waals surface area contributed by atoms with Crippen molar-refractivity contribution in [2.24, 2.45) is 5.92 Å². The van der Waals surface area contributed by atoms with Gasteiger partial charge < -0.3 is 44.9 Å². The van der Waals surface area contributed by atoms with Gasteiger partial charge in [0.05, 0.1) is 30.4 Å². The van der Waals surface area contributed by atoms with Crippen LogP contribution in [0.15, 0.2) is 36.4 Å². The third-order valence-corrected chi connectivity index (χ3v) is 7.35. The maximum Gasteiger partial charge on any atom is 0.323 e. The first kappa shape index (κ1) is 30.4. The van der Waals surface area contributed by atoms with Crippen molar-refractivity contribution in [3.8, 4) is 17.2 Å². The topological polar surface area (TPSA) is 131 Å². The van der Waals surface area contributed by atoms with Crippen molar-refractivity contribution in [1.82, 2.24) is 10.2 Å². The SMILES string of the molecule is CNC[C@H]1OCCCC[C@@H](C)Oc2ccc(NC(=O)Nc3ccc4c(c3)OCO4)cc2C(=O)N([C@H](C)CO)C[C@@H]1C. The van der Waals surface area contributed by atoms with Crippen LogP contribution in [-0.2, 0) is 4.74 Å². The summed E-state index contributed by atoms with van der Waals surface area (Å²) in [5.74, 6) is 1.32. The van der Waals surface area contributed by atoms with Crippen LogP contribution in [0.25, 0.3) is 0 Å². The van der Waals surface area contributed by atoms with E-state index in [9.17, 15) is 14.7 Å². The predicted octanol–water partition coefficient (Wildman–Crippen LogP) is 4.07. The molecule has 4 atom stereocenters. The molecule has 11 heteroatoms. The summed E-state index contributed by atoms with van der Waals surface area (Å²) in [5.41, 5.74) is 1.27. The molecule has 2 aromatic rings. The maximum atomic E-state index is 14.1. The summed E-state index contributed by atoms with van der Waals surface area (Å²) in [6.45, 7) is 7.45. The van der Waals surface area contributed by atoms with Gasteiger partial charge >= 0.3 is 6.03 Å². The van der Waals surface area contributed by atoms with E-state index in [0.29, 0.717) is 53.9 Å². The van der Waals surface area contributed by atoms with Gasteiger partial charge in [-0.25, -0.2) is 4.79 Å². The average molecular weight is 571 g/mol. The Labute approximate surface area is 241 Å². The second kappa shape index (κ2) is 14.4. The van der Waals surface area contributed by atoms with Crippen LogP contribution < -0.4 is 30.2 Å². The first-order valence-corrected chi connectivity index (χ1v) is 14.3. The molecule has 2 aromatic carbocycles. The highest BCUT2D eigenvalue weighted by Crippen LogP contribution is 2.34. The molecule has 0 saturated heterocycles. The summed E-state index contributed by atoms with van der Waals surface area (Å²) in [6, 6.07) is 9.26. The second-order valence-electron chi connectivity index (χ2n) is 10.7. The molecule has 224 valence electrons. The molecule has 4 rings (SSSR count). The standard InChI is InChI=1S/C30H42N4O7/c1-19-16-34(20(2)17-35)29(36)24-13-22(32-30(37)33-23-9-11-26-27(14-23)40-18-39-26)8-10-25(24)41-21(3)7-5-6-12-38-28(19)15-31-4/h8-11,13-14,19-21,28,31,35H,5-7,12,15-18H2,1-4H3,(H2,32,33,37)/t19-,20+,21+,28+/m0/s1. The lowest BCUT2D eigenvalue weighted by atomic mass is 10.0. The molecule has 2 aliphatic rings. The largest absolute Gasteiger partial charge is 0.490 e. The van der Waals surface area contributed by atoms with Crippen LogP contribution in [0.1, 0.15) is 50.4 Å². The molecule has 3 amide bonds. The number of hydrogen-bond donors (Lipinski definition) is 4. The van der Waals surface area contributed by atoms with Gasteiger partial charge in [-0.15, -0.1) is 0 Å². The van der Waals surface area contributed by atoms with Gasteiger partial charge in [0.25, 0.3) is 5.91 Å². The van der Waals surface area contributed by atoms with Gasteiger partial charge in [-0.1, -0.05) is 6.92 Å². The van der Waals surface area contributed by atoms with Crippen LogP contribution in [0.5, 0.6) is 17.2 Å². The van der Waals surface area contributed by atoms with E-state index >= 15 is 0 Å². The minimum Gasteiger partial charge on any atom is -0.490 e. The molecule has 0 spiro atoms. The third kappa shape index (κ3) is 8.02. The Morgan fingerprint density at radius 2 is 1.76 bits per heavy atom. The molecule has 0 bridgehead atoms. The van der Waals surface area contributed by atoms with Crippen molar-refractivity contribution in [2.45, 2.75) is 58.3 Å². The van der Waals surface area contributed by atoms with E-state index in [2.05, 4.69) is 22.9 Å². The zero-order chi connectivity index (χ0) is 29.4. The normalized spacial score (nSPS) is 22.2. The summed E-state index contributed by atoms with van der Waals surface area (Å²) < 4.78 is 23.2. The van der Waals surface area contributed by atoms with Gasteiger partial charge in [-0.2, -0.15) is 0 Å². The molecule has 0 radical (unpaired) electrons. The number of rotatable bonds is 6. The molecule has 11 nitrogen and oxygen atoms in total. The second-order valence-corrected chi connectivity index (χ2v) is 10.7. The number of amides is 3. The van der Waals surface area contributed by atoms with E-state index in [1.807, 2.05) is 20.9 Å². The highest BCUT2D eigenvalue weighted by molar-refractivity contribution is 6.02. The van der Waals surface area contributed by atoms with E-state index in [4.69, 9.17) is 18.9 Å². The average Bonchev–Trinajstić information content (AvgIpc) is 3.42. The number of nitrogens with zero attached hydrogens (tertiary/aromatic N) is 1. The Morgan fingerprint density at radius 3 is 2.49 bits per heavy atom. The van der Waals surface area contributed by atoms with Crippen molar-refractivity contribution in [2.75, 3.05) is 50.8 Å². The monoisotopic (exact) mass is 570 g/mol. The number of carbonyl (C=O) groups excluding carboxylic acids is 2. The summed E-state index contributed by atoms with van der Waals surface area (Å²) in [7, 11) is 1.88. The Balaban J connectivity index is 1.60. The fourth-order valence-electron chi connectivity index (χ4n) is 4.96. The van der Waals surface area contributed by atoms with Gasteiger partial charge in [0.15, 0.2) is 11.5 Å². The molecule has 0 aliphatic carbocycles. The number of anilines is 2. The molecule has 0 saturated carbocycles. The molecule has 41 heavy (non-hydrogen) atoms. The predicted molar refractivity (Wildman–Crippen MR) is 156 cm³/mol. The number of fused-ring (bicyclic) bond motifs is 2. The number of carbonyl (C=O) groups is 2. The van der Waals surface area contributed by atoms with E-state index in [0.717, 1.165) is 19.3 Å². The lowest BCUT2D eigenvalue weighted by Gasteiger charge is -2.34. The van der Waals surface area contributed by atoms with Crippen molar-refractivity contribution >= 4 is 23.3 Å². The molecule has 0 fully saturated rings. The fourth-order valence-corrected chi connectivity index (χ4v) is 4.96. The molecule has 0 unspecified atom stereocenters. The summed E-state index contributed by atoms with van der Waals surface area (Å²) in [6.07, 6.45) is 2.42. The Morgan fingerprint density at radius 1 is 1.05 bits per heavy atom. The molecule has 2 heterocycles. The lowest BCUT2D eigenvalue weighted by molar-refractivity contribution is -0.000451. The molecule has 4 N–H and O–H groups in total. The Kier molecular flexibility index (Phi) is 10.7. The molecule has 2 aliphatic heterocycles. The van der Waals surface area contributed by atoms with Gasteiger partial charge in [-0.3, -0.25) is 4.79 Å². The zero-order valence-electron chi connectivity index (χ0n) is 24.3. The van der Waals surface area contributed by atoms with Gasteiger partial charge in [-0.05, 0) is 70.5 Å². The molecular formula is C30H42N4O7. The molecular weight excluding hydrogens is 528 g/mol. The van der Waals surface area contributed by atoms with Crippen molar-refractivity contribution < 1.29 is 33.6 Å². The number of hydrogen-bond acceptors (Lipinski definition) is 8. The van der Waals surface area contributed by atoms with Crippen LogP contribution in [0.4, 0.5) is 16.2 Å². The smallest absolute Gasteiger partial charge is 0.323 e. The summed E-state index contributed by atoms with van der Waals surface area (Å²) in [4.78, 5) is 28.6. The first-order chi connectivity index (χ1) is 19.8. The lowest BCUT2D eigenvalue weighted by Crippen LogP contribution is -2.47. The first-order valence-electron chi connectivity index (χ1n) is 14.3. The number of aliphatic hydroxyl groups excluding tert-OH is 1. The van der Waals surface area contributed by atoms with Gasteiger partial charge in [0.1, 0.15) is 5.75 Å². The van der Waals surface area contributed by atoms with Crippen molar-refractivity contribution in [3.05, 3.63) is 42.0 Å².